The van der Waals surface area contributed by atoms with Crippen LogP contribution >= 0.6 is 0 Å². The summed E-state index contributed by atoms with van der Waals surface area (Å²) in [6.45, 7) is 6.44. The van der Waals surface area contributed by atoms with Crippen LogP contribution in [0.5, 0.6) is 0 Å². The molecule has 0 aromatic heterocycles. The maximum absolute atomic E-state index is 12.5. The summed E-state index contributed by atoms with van der Waals surface area (Å²) >= 11 is 0. The van der Waals surface area contributed by atoms with Gasteiger partial charge in [-0.3, -0.25) is 4.79 Å². The SMILES string of the molecule is Cc1cc(C)cc(CC(CN)C(=O)N2CCCCC2)c1. The van der Waals surface area contributed by atoms with Crippen LogP contribution in [0.25, 0.3) is 0 Å². The Kier molecular flexibility index (Phi) is 5.18. The van der Waals surface area contributed by atoms with E-state index in [1.54, 1.807) is 0 Å². The van der Waals surface area contributed by atoms with Crippen molar-refractivity contribution in [1.29, 1.82) is 0 Å². The van der Waals surface area contributed by atoms with Gasteiger partial charge in [-0.15, -0.1) is 0 Å². The van der Waals surface area contributed by atoms with Gasteiger partial charge >= 0.3 is 0 Å². The van der Waals surface area contributed by atoms with E-state index in [4.69, 9.17) is 5.73 Å². The molecule has 1 unspecified atom stereocenters. The molecule has 1 fully saturated rings. The molecule has 2 rings (SSSR count). The van der Waals surface area contributed by atoms with Crippen molar-refractivity contribution in [3.63, 3.8) is 0 Å². The highest BCUT2D eigenvalue weighted by molar-refractivity contribution is 5.79. The third kappa shape index (κ3) is 3.83. The molecule has 1 aromatic rings. The largest absolute Gasteiger partial charge is 0.342 e. The van der Waals surface area contributed by atoms with Crippen molar-refractivity contribution in [1.82, 2.24) is 4.90 Å². The molecule has 0 radical (unpaired) electrons. The van der Waals surface area contributed by atoms with Crippen LogP contribution in [0, 0.1) is 19.8 Å². The molecule has 1 atom stereocenters. The summed E-state index contributed by atoms with van der Waals surface area (Å²) in [5, 5.41) is 0. The first-order valence-corrected chi connectivity index (χ1v) is 7.66. The van der Waals surface area contributed by atoms with Gasteiger partial charge in [0.05, 0.1) is 5.92 Å². The Labute approximate surface area is 122 Å². The van der Waals surface area contributed by atoms with Crippen LogP contribution in [-0.4, -0.2) is 30.4 Å². The molecule has 1 saturated heterocycles. The Balaban J connectivity index is 2.05. The lowest BCUT2D eigenvalue weighted by molar-refractivity contribution is -0.136. The van der Waals surface area contributed by atoms with Crippen LogP contribution in [0.2, 0.25) is 0 Å². The second kappa shape index (κ2) is 6.89. The molecule has 3 heteroatoms. The van der Waals surface area contributed by atoms with Gasteiger partial charge in [0.1, 0.15) is 0 Å². The lowest BCUT2D eigenvalue weighted by atomic mass is 9.95. The number of piperidine rings is 1. The molecule has 110 valence electrons. The lowest BCUT2D eigenvalue weighted by Crippen LogP contribution is -2.42. The van der Waals surface area contributed by atoms with E-state index in [0.29, 0.717) is 6.54 Å². The van der Waals surface area contributed by atoms with Crippen LogP contribution in [0.4, 0.5) is 0 Å². The average molecular weight is 274 g/mol. The van der Waals surface area contributed by atoms with Crippen molar-refractivity contribution in [2.45, 2.75) is 39.5 Å². The van der Waals surface area contributed by atoms with Crippen molar-refractivity contribution < 1.29 is 4.79 Å². The Bertz CT molecular complexity index is 444. The molecular weight excluding hydrogens is 248 g/mol. The molecule has 1 amide bonds. The van der Waals surface area contributed by atoms with Gasteiger partial charge in [0, 0.05) is 19.6 Å². The third-order valence-corrected chi connectivity index (χ3v) is 4.07. The highest BCUT2D eigenvalue weighted by atomic mass is 16.2. The molecule has 3 nitrogen and oxygen atoms in total. The molecule has 1 aliphatic rings. The standard InChI is InChI=1S/C17H26N2O/c1-13-8-14(2)10-15(9-13)11-16(12-18)17(20)19-6-4-3-5-7-19/h8-10,16H,3-7,11-12,18H2,1-2H3. The van der Waals surface area contributed by atoms with E-state index in [2.05, 4.69) is 32.0 Å². The number of aryl methyl sites for hydroxylation is 2. The number of carbonyl (C=O) groups is 1. The van der Waals surface area contributed by atoms with E-state index in [0.717, 1.165) is 32.4 Å². The van der Waals surface area contributed by atoms with Gasteiger partial charge in [-0.05, 0) is 45.1 Å². The first-order chi connectivity index (χ1) is 9.60. The molecule has 0 bridgehead atoms. The van der Waals surface area contributed by atoms with E-state index in [9.17, 15) is 4.79 Å². The zero-order valence-corrected chi connectivity index (χ0v) is 12.7. The van der Waals surface area contributed by atoms with Gasteiger partial charge in [0.15, 0.2) is 0 Å². The quantitative estimate of drug-likeness (QED) is 0.916. The van der Waals surface area contributed by atoms with Crippen LogP contribution in [0.3, 0.4) is 0 Å². The number of rotatable bonds is 4. The van der Waals surface area contributed by atoms with Crippen LogP contribution in [-0.2, 0) is 11.2 Å². The minimum atomic E-state index is -0.0747. The summed E-state index contributed by atoms with van der Waals surface area (Å²) < 4.78 is 0. The molecule has 0 spiro atoms. The van der Waals surface area contributed by atoms with Gasteiger partial charge in [-0.25, -0.2) is 0 Å². The molecule has 2 N–H and O–H groups in total. The summed E-state index contributed by atoms with van der Waals surface area (Å²) in [5.41, 5.74) is 9.58. The molecule has 0 saturated carbocycles. The first kappa shape index (κ1) is 15.0. The average Bonchev–Trinajstić information content (AvgIpc) is 2.44. The first-order valence-electron chi connectivity index (χ1n) is 7.66. The molecule has 1 heterocycles. The monoisotopic (exact) mass is 274 g/mol. The van der Waals surface area contributed by atoms with E-state index in [-0.39, 0.29) is 11.8 Å². The number of hydrogen-bond donors (Lipinski definition) is 1. The Morgan fingerprint density at radius 3 is 2.30 bits per heavy atom. The number of benzene rings is 1. The van der Waals surface area contributed by atoms with E-state index >= 15 is 0 Å². The third-order valence-electron chi connectivity index (χ3n) is 4.07. The fourth-order valence-corrected chi connectivity index (χ4v) is 3.12. The summed E-state index contributed by atoms with van der Waals surface area (Å²) in [6.07, 6.45) is 4.27. The second-order valence-corrected chi connectivity index (χ2v) is 6.02. The molecule has 0 aliphatic carbocycles. The number of carbonyl (C=O) groups excluding carboxylic acids is 1. The minimum Gasteiger partial charge on any atom is -0.342 e. The van der Waals surface area contributed by atoms with Gasteiger partial charge in [-0.2, -0.15) is 0 Å². The summed E-state index contributed by atoms with van der Waals surface area (Å²) in [5.74, 6) is 0.167. The Hall–Kier alpha value is -1.35. The van der Waals surface area contributed by atoms with Gasteiger partial charge < -0.3 is 10.6 Å². The number of likely N-dealkylation sites (tertiary alicyclic amines) is 1. The van der Waals surface area contributed by atoms with E-state index in [1.165, 1.54) is 23.1 Å². The second-order valence-electron chi connectivity index (χ2n) is 6.02. The van der Waals surface area contributed by atoms with Gasteiger partial charge in [0.25, 0.3) is 0 Å². The topological polar surface area (TPSA) is 46.3 Å². The fraction of sp³-hybridized carbons (Fsp3) is 0.588. The van der Waals surface area contributed by atoms with Crippen molar-refractivity contribution in [2.24, 2.45) is 11.7 Å². The zero-order valence-electron chi connectivity index (χ0n) is 12.7. The highest BCUT2D eigenvalue weighted by Crippen LogP contribution is 2.17. The number of amides is 1. The number of nitrogens with zero attached hydrogens (tertiary/aromatic N) is 1. The molecule has 1 aromatic carbocycles. The molecule has 1 aliphatic heterocycles. The normalized spacial score (nSPS) is 17.1. The smallest absolute Gasteiger partial charge is 0.227 e. The van der Waals surface area contributed by atoms with Crippen molar-refractivity contribution in [3.05, 3.63) is 34.9 Å². The number of nitrogens with two attached hydrogens (primary N) is 1. The maximum atomic E-state index is 12.5. The highest BCUT2D eigenvalue weighted by Gasteiger charge is 2.24. The van der Waals surface area contributed by atoms with Gasteiger partial charge in [0.2, 0.25) is 5.91 Å². The van der Waals surface area contributed by atoms with Crippen LogP contribution in [0.1, 0.15) is 36.0 Å². The Morgan fingerprint density at radius 1 is 1.15 bits per heavy atom. The Morgan fingerprint density at radius 2 is 1.75 bits per heavy atom. The van der Waals surface area contributed by atoms with E-state index in [1.807, 2.05) is 4.90 Å². The summed E-state index contributed by atoms with van der Waals surface area (Å²) in [6, 6.07) is 6.49. The predicted octanol–water partition coefficient (Wildman–Crippen LogP) is 2.43. The van der Waals surface area contributed by atoms with Crippen LogP contribution < -0.4 is 5.73 Å². The number of hydrogen-bond acceptors (Lipinski definition) is 2. The van der Waals surface area contributed by atoms with Crippen molar-refractivity contribution >= 4 is 5.91 Å². The predicted molar refractivity (Wildman–Crippen MR) is 82.6 cm³/mol. The summed E-state index contributed by atoms with van der Waals surface area (Å²) in [7, 11) is 0. The minimum absolute atomic E-state index is 0.0747. The van der Waals surface area contributed by atoms with E-state index < -0.39 is 0 Å². The van der Waals surface area contributed by atoms with Crippen molar-refractivity contribution in [3.8, 4) is 0 Å². The lowest BCUT2D eigenvalue weighted by Gasteiger charge is -2.30. The fourth-order valence-electron chi connectivity index (χ4n) is 3.12. The molecule has 20 heavy (non-hydrogen) atoms. The maximum Gasteiger partial charge on any atom is 0.227 e. The molecular formula is C17H26N2O. The van der Waals surface area contributed by atoms with Gasteiger partial charge in [-0.1, -0.05) is 29.3 Å². The summed E-state index contributed by atoms with van der Waals surface area (Å²) in [4.78, 5) is 14.6. The van der Waals surface area contributed by atoms with Crippen molar-refractivity contribution in [2.75, 3.05) is 19.6 Å². The zero-order chi connectivity index (χ0) is 14.5. The van der Waals surface area contributed by atoms with Crippen LogP contribution in [0.15, 0.2) is 18.2 Å².